The Hall–Kier alpha value is -2.04. The monoisotopic (exact) mass is 333 g/mol. The van der Waals surface area contributed by atoms with Crippen molar-refractivity contribution in [3.63, 3.8) is 0 Å². The van der Waals surface area contributed by atoms with E-state index in [1.54, 1.807) is 0 Å². The van der Waals surface area contributed by atoms with Gasteiger partial charge < -0.3 is 9.84 Å². The molecule has 0 aliphatic heterocycles. The lowest BCUT2D eigenvalue weighted by molar-refractivity contribution is -0.137. The minimum Gasteiger partial charge on any atom is -0.481 e. The fourth-order valence-electron chi connectivity index (χ4n) is 2.89. The largest absolute Gasteiger partial charge is 0.481 e. The van der Waals surface area contributed by atoms with Crippen molar-refractivity contribution in [3.8, 4) is 0 Å². The Bertz CT molecular complexity index is 642. The molecule has 2 rings (SSSR count). The molecule has 0 spiro atoms. The number of benzene rings is 1. The first-order valence-electron chi connectivity index (χ1n) is 8.40. The van der Waals surface area contributed by atoms with Crippen LogP contribution in [0.5, 0.6) is 0 Å². The molecule has 132 valence electrons. The summed E-state index contributed by atoms with van der Waals surface area (Å²) in [5, 5.41) is 12.0. The van der Waals surface area contributed by atoms with Crippen LogP contribution in [0.15, 0.2) is 12.1 Å². The number of rotatable bonds is 5. The van der Waals surface area contributed by atoms with E-state index in [2.05, 4.69) is 5.32 Å². The SMILES string of the molecule is Cc1cc(C(CC(=O)O)C2CC2)cc(NC(=O)OC(C)(C)C)c1C. The smallest absolute Gasteiger partial charge is 0.412 e. The lowest BCUT2D eigenvalue weighted by Gasteiger charge is -2.22. The second-order valence-electron chi connectivity index (χ2n) is 7.68. The van der Waals surface area contributed by atoms with Crippen molar-refractivity contribution in [3.05, 3.63) is 28.8 Å². The molecule has 1 saturated carbocycles. The number of nitrogens with one attached hydrogen (secondary N) is 1. The number of hydrogen-bond donors (Lipinski definition) is 2. The van der Waals surface area contributed by atoms with Crippen LogP contribution in [0.2, 0.25) is 0 Å². The van der Waals surface area contributed by atoms with Crippen molar-refractivity contribution < 1.29 is 19.4 Å². The van der Waals surface area contributed by atoms with Crippen molar-refractivity contribution in [1.29, 1.82) is 0 Å². The summed E-state index contributed by atoms with van der Waals surface area (Å²) in [5.74, 6) is -0.356. The highest BCUT2D eigenvalue weighted by Crippen LogP contribution is 2.45. The number of aryl methyl sites for hydroxylation is 1. The summed E-state index contributed by atoms with van der Waals surface area (Å²) in [6.45, 7) is 9.37. The molecule has 0 radical (unpaired) electrons. The summed E-state index contributed by atoms with van der Waals surface area (Å²) < 4.78 is 5.32. The minimum atomic E-state index is -0.785. The summed E-state index contributed by atoms with van der Waals surface area (Å²) in [7, 11) is 0. The van der Waals surface area contributed by atoms with E-state index in [0.29, 0.717) is 11.6 Å². The van der Waals surface area contributed by atoms with Crippen molar-refractivity contribution in [1.82, 2.24) is 0 Å². The molecule has 1 aliphatic rings. The van der Waals surface area contributed by atoms with Crippen LogP contribution >= 0.6 is 0 Å². The molecule has 1 amide bonds. The molecule has 1 aliphatic carbocycles. The van der Waals surface area contributed by atoms with Gasteiger partial charge in [-0.25, -0.2) is 4.79 Å². The number of aliphatic carboxylic acids is 1. The number of ether oxygens (including phenoxy) is 1. The average Bonchev–Trinajstić information content (AvgIpc) is 3.23. The second-order valence-corrected chi connectivity index (χ2v) is 7.68. The van der Waals surface area contributed by atoms with Crippen LogP contribution in [0.25, 0.3) is 0 Å². The topological polar surface area (TPSA) is 75.6 Å². The predicted octanol–water partition coefficient (Wildman–Crippen LogP) is 4.62. The number of hydrogen-bond acceptors (Lipinski definition) is 3. The molecule has 0 saturated heterocycles. The molecule has 0 heterocycles. The van der Waals surface area contributed by atoms with Crippen molar-refractivity contribution in [2.24, 2.45) is 5.92 Å². The van der Waals surface area contributed by atoms with E-state index < -0.39 is 17.7 Å². The standard InChI is InChI=1S/C19H27NO4/c1-11-8-14(15(10-17(21)22)13-6-7-13)9-16(12(11)2)20-18(23)24-19(3,4)5/h8-9,13,15H,6-7,10H2,1-5H3,(H,20,23)(H,21,22). The van der Waals surface area contributed by atoms with E-state index in [1.165, 1.54) is 0 Å². The van der Waals surface area contributed by atoms with Gasteiger partial charge in [0, 0.05) is 5.69 Å². The van der Waals surface area contributed by atoms with Crippen LogP contribution in [-0.4, -0.2) is 22.8 Å². The molecule has 0 aromatic heterocycles. The lowest BCUT2D eigenvalue weighted by atomic mass is 9.88. The number of carboxylic acids is 1. The third kappa shape index (κ3) is 4.98. The zero-order valence-corrected chi connectivity index (χ0v) is 15.1. The summed E-state index contributed by atoms with van der Waals surface area (Å²) in [6.07, 6.45) is 1.77. The van der Waals surface area contributed by atoms with Gasteiger partial charge in [-0.05, 0) is 82.1 Å². The highest BCUT2D eigenvalue weighted by Gasteiger charge is 2.34. The van der Waals surface area contributed by atoms with Gasteiger partial charge in [0.25, 0.3) is 0 Å². The third-order valence-electron chi connectivity index (χ3n) is 4.34. The van der Waals surface area contributed by atoms with Crippen molar-refractivity contribution in [2.45, 2.75) is 65.4 Å². The summed E-state index contributed by atoms with van der Waals surface area (Å²) in [4.78, 5) is 23.3. The molecule has 24 heavy (non-hydrogen) atoms. The second kappa shape index (κ2) is 6.83. The number of amides is 1. The van der Waals surface area contributed by atoms with Gasteiger partial charge >= 0.3 is 12.1 Å². The Labute approximate surface area is 143 Å². The van der Waals surface area contributed by atoms with Gasteiger partial charge in [0.2, 0.25) is 0 Å². The Kier molecular flexibility index (Phi) is 5.21. The Morgan fingerprint density at radius 2 is 1.92 bits per heavy atom. The maximum absolute atomic E-state index is 12.1. The van der Waals surface area contributed by atoms with E-state index in [-0.39, 0.29) is 12.3 Å². The Morgan fingerprint density at radius 1 is 1.29 bits per heavy atom. The zero-order chi connectivity index (χ0) is 18.1. The maximum atomic E-state index is 12.1. The molecule has 1 unspecified atom stereocenters. The number of anilines is 1. The molecular weight excluding hydrogens is 306 g/mol. The van der Waals surface area contributed by atoms with Crippen LogP contribution in [0.4, 0.5) is 10.5 Å². The summed E-state index contributed by atoms with van der Waals surface area (Å²) in [5.41, 5.74) is 3.11. The van der Waals surface area contributed by atoms with Crippen LogP contribution in [-0.2, 0) is 9.53 Å². The third-order valence-corrected chi connectivity index (χ3v) is 4.34. The molecule has 5 nitrogen and oxygen atoms in total. The van der Waals surface area contributed by atoms with E-state index in [1.807, 2.05) is 46.8 Å². The first-order valence-corrected chi connectivity index (χ1v) is 8.40. The van der Waals surface area contributed by atoms with Crippen LogP contribution in [0.1, 0.15) is 62.6 Å². The van der Waals surface area contributed by atoms with Crippen molar-refractivity contribution >= 4 is 17.7 Å². The average molecular weight is 333 g/mol. The lowest BCUT2D eigenvalue weighted by Crippen LogP contribution is -2.27. The molecular formula is C19H27NO4. The van der Waals surface area contributed by atoms with Gasteiger partial charge in [0.05, 0.1) is 6.42 Å². The molecule has 1 aromatic rings. The summed E-state index contributed by atoms with van der Waals surface area (Å²) >= 11 is 0. The number of carbonyl (C=O) groups excluding carboxylic acids is 1. The molecule has 1 fully saturated rings. The molecule has 1 atom stereocenters. The van der Waals surface area contributed by atoms with Gasteiger partial charge in [-0.1, -0.05) is 6.07 Å². The van der Waals surface area contributed by atoms with Gasteiger partial charge in [-0.2, -0.15) is 0 Å². The van der Waals surface area contributed by atoms with E-state index >= 15 is 0 Å². The highest BCUT2D eigenvalue weighted by molar-refractivity contribution is 5.86. The van der Waals surface area contributed by atoms with Crippen LogP contribution in [0.3, 0.4) is 0 Å². The molecule has 2 N–H and O–H groups in total. The van der Waals surface area contributed by atoms with E-state index in [4.69, 9.17) is 4.74 Å². The minimum absolute atomic E-state index is 0.000913. The molecule has 0 bridgehead atoms. The first-order chi connectivity index (χ1) is 11.1. The van der Waals surface area contributed by atoms with Crippen LogP contribution < -0.4 is 5.32 Å². The van der Waals surface area contributed by atoms with Gasteiger partial charge in [-0.15, -0.1) is 0 Å². The van der Waals surface area contributed by atoms with E-state index in [9.17, 15) is 14.7 Å². The zero-order valence-electron chi connectivity index (χ0n) is 15.1. The highest BCUT2D eigenvalue weighted by atomic mass is 16.6. The maximum Gasteiger partial charge on any atom is 0.412 e. The fourth-order valence-corrected chi connectivity index (χ4v) is 2.89. The fraction of sp³-hybridized carbons (Fsp3) is 0.579. The van der Waals surface area contributed by atoms with Crippen molar-refractivity contribution in [2.75, 3.05) is 5.32 Å². The van der Waals surface area contributed by atoms with Gasteiger partial charge in [0.1, 0.15) is 5.60 Å². The normalized spacial score (nSPS) is 15.7. The number of carboxylic acid groups (broad SMARTS) is 1. The Morgan fingerprint density at radius 3 is 2.42 bits per heavy atom. The van der Waals surface area contributed by atoms with E-state index in [0.717, 1.165) is 29.5 Å². The molecule has 5 heteroatoms. The number of carbonyl (C=O) groups is 2. The van der Waals surface area contributed by atoms with Gasteiger partial charge in [-0.3, -0.25) is 10.1 Å². The quantitative estimate of drug-likeness (QED) is 0.824. The first kappa shape index (κ1) is 18.3. The molecule has 1 aromatic carbocycles. The van der Waals surface area contributed by atoms with Crippen LogP contribution in [0, 0.1) is 19.8 Å². The summed E-state index contributed by atoms with van der Waals surface area (Å²) in [6, 6.07) is 3.94. The Balaban J connectivity index is 2.27. The van der Waals surface area contributed by atoms with Gasteiger partial charge in [0.15, 0.2) is 0 Å². The predicted molar refractivity (Wildman–Crippen MR) is 93.5 cm³/mol.